The summed E-state index contributed by atoms with van der Waals surface area (Å²) < 4.78 is 1.06. The number of halogens is 1. The number of amides is 1. The largest absolute Gasteiger partial charge is 0.334 e. The lowest BCUT2D eigenvalue weighted by Gasteiger charge is -2.27. The lowest BCUT2D eigenvalue weighted by molar-refractivity contribution is 0.0697. The van der Waals surface area contributed by atoms with Crippen molar-refractivity contribution >= 4 is 33.2 Å². The summed E-state index contributed by atoms with van der Waals surface area (Å²) in [6.45, 7) is 6.94. The molecule has 2 rings (SSSR count). The fourth-order valence-corrected chi connectivity index (χ4v) is 3.79. The Bertz CT molecular complexity index is 407. The van der Waals surface area contributed by atoms with E-state index in [1.165, 1.54) is 0 Å². The summed E-state index contributed by atoms with van der Waals surface area (Å²) in [5.74, 6) is 0.185. The Kier molecular flexibility index (Phi) is 4.81. The van der Waals surface area contributed by atoms with Crippen LogP contribution in [0.1, 0.15) is 35.0 Å². The van der Waals surface area contributed by atoms with Gasteiger partial charge in [-0.15, -0.1) is 11.3 Å². The molecule has 5 heteroatoms. The predicted octanol–water partition coefficient (Wildman–Crippen LogP) is 3.03. The number of carbonyl (C=O) groups is 1. The van der Waals surface area contributed by atoms with Crippen molar-refractivity contribution in [1.82, 2.24) is 10.2 Å². The van der Waals surface area contributed by atoms with Gasteiger partial charge in [-0.3, -0.25) is 4.79 Å². The van der Waals surface area contributed by atoms with Crippen molar-refractivity contribution in [2.24, 2.45) is 0 Å². The summed E-state index contributed by atoms with van der Waals surface area (Å²) in [4.78, 5) is 15.5. The van der Waals surface area contributed by atoms with Crippen LogP contribution in [0, 0.1) is 6.92 Å². The molecular formula is C13H19BrN2OS. The van der Waals surface area contributed by atoms with E-state index in [4.69, 9.17) is 0 Å². The molecule has 1 N–H and O–H groups in total. The van der Waals surface area contributed by atoms with Gasteiger partial charge in [-0.05, 0) is 53.9 Å². The van der Waals surface area contributed by atoms with Gasteiger partial charge in [-0.25, -0.2) is 0 Å². The van der Waals surface area contributed by atoms with E-state index in [-0.39, 0.29) is 5.91 Å². The first kappa shape index (κ1) is 14.0. The Labute approximate surface area is 121 Å². The van der Waals surface area contributed by atoms with Crippen LogP contribution in [0.3, 0.4) is 0 Å². The van der Waals surface area contributed by atoms with E-state index in [1.54, 1.807) is 11.3 Å². The minimum absolute atomic E-state index is 0.185. The van der Waals surface area contributed by atoms with Gasteiger partial charge in [-0.1, -0.05) is 6.92 Å². The molecule has 1 unspecified atom stereocenters. The first-order valence-electron chi connectivity index (χ1n) is 6.41. The summed E-state index contributed by atoms with van der Waals surface area (Å²) in [6, 6.07) is 2.35. The maximum absolute atomic E-state index is 12.6. The summed E-state index contributed by atoms with van der Waals surface area (Å²) in [7, 11) is 0. The summed E-state index contributed by atoms with van der Waals surface area (Å²) >= 11 is 5.03. The molecular weight excluding hydrogens is 312 g/mol. The molecule has 1 saturated heterocycles. The third kappa shape index (κ3) is 2.95. The Morgan fingerprint density at radius 3 is 2.94 bits per heavy atom. The molecule has 1 aliphatic rings. The Hall–Kier alpha value is -0.390. The van der Waals surface area contributed by atoms with E-state index >= 15 is 0 Å². The van der Waals surface area contributed by atoms with Gasteiger partial charge in [0.2, 0.25) is 0 Å². The molecule has 0 radical (unpaired) electrons. The van der Waals surface area contributed by atoms with Crippen molar-refractivity contribution in [3.8, 4) is 0 Å². The molecule has 100 valence electrons. The smallest absolute Gasteiger partial charge is 0.264 e. The summed E-state index contributed by atoms with van der Waals surface area (Å²) in [6.07, 6.45) is 2.07. The van der Waals surface area contributed by atoms with Crippen LogP contribution in [0.15, 0.2) is 9.85 Å². The van der Waals surface area contributed by atoms with Crippen molar-refractivity contribution in [3.63, 3.8) is 0 Å². The average Bonchev–Trinajstić information content (AvgIpc) is 2.97. The minimum Gasteiger partial charge on any atom is -0.334 e. The number of rotatable bonds is 4. The zero-order valence-corrected chi connectivity index (χ0v) is 13.2. The molecule has 1 amide bonds. The van der Waals surface area contributed by atoms with Gasteiger partial charge in [0.1, 0.15) is 0 Å². The van der Waals surface area contributed by atoms with Crippen molar-refractivity contribution in [2.45, 2.75) is 32.7 Å². The number of carbonyl (C=O) groups excluding carboxylic acids is 1. The first-order valence-corrected chi connectivity index (χ1v) is 8.02. The number of nitrogens with one attached hydrogen (secondary N) is 1. The topological polar surface area (TPSA) is 32.3 Å². The van der Waals surface area contributed by atoms with Gasteiger partial charge in [0.05, 0.1) is 8.66 Å². The zero-order chi connectivity index (χ0) is 13.1. The maximum atomic E-state index is 12.6. The molecule has 1 aromatic rings. The second-order valence-corrected chi connectivity index (χ2v) is 7.08. The fraction of sp³-hybridized carbons (Fsp3) is 0.615. The first-order chi connectivity index (χ1) is 8.63. The highest BCUT2D eigenvalue weighted by molar-refractivity contribution is 9.11. The fourth-order valence-electron chi connectivity index (χ4n) is 2.30. The molecule has 0 spiro atoms. The number of hydrogen-bond donors (Lipinski definition) is 1. The molecule has 18 heavy (non-hydrogen) atoms. The zero-order valence-electron chi connectivity index (χ0n) is 10.8. The second-order valence-electron chi connectivity index (χ2n) is 4.71. The number of nitrogens with zero attached hydrogens (tertiary/aromatic N) is 1. The monoisotopic (exact) mass is 330 g/mol. The van der Waals surface area contributed by atoms with Crippen molar-refractivity contribution in [2.75, 3.05) is 19.6 Å². The quantitative estimate of drug-likeness (QED) is 0.920. The van der Waals surface area contributed by atoms with Gasteiger partial charge in [0.15, 0.2) is 0 Å². The van der Waals surface area contributed by atoms with Gasteiger partial charge >= 0.3 is 0 Å². The van der Waals surface area contributed by atoms with Crippen molar-refractivity contribution < 1.29 is 4.79 Å². The predicted molar refractivity (Wildman–Crippen MR) is 79.4 cm³/mol. The summed E-state index contributed by atoms with van der Waals surface area (Å²) in [5, 5.41) is 3.33. The Balaban J connectivity index is 2.16. The molecule has 1 fully saturated rings. The van der Waals surface area contributed by atoms with Gasteiger partial charge < -0.3 is 10.2 Å². The average molecular weight is 331 g/mol. The van der Waals surface area contributed by atoms with Crippen molar-refractivity contribution in [3.05, 3.63) is 20.3 Å². The third-order valence-electron chi connectivity index (χ3n) is 3.27. The second kappa shape index (κ2) is 6.17. The standard InChI is InChI=1S/C13H19BrN2OS/c1-3-6-16(10-4-5-15-8-10)13(17)11-7-9(2)12(14)18-11/h7,10,15H,3-6,8H2,1-2H3. The van der Waals surface area contributed by atoms with Crippen molar-refractivity contribution in [1.29, 1.82) is 0 Å². The van der Waals surface area contributed by atoms with E-state index in [0.29, 0.717) is 6.04 Å². The van der Waals surface area contributed by atoms with Gasteiger partial charge in [0, 0.05) is 19.1 Å². The molecule has 1 aliphatic heterocycles. The molecule has 1 atom stereocenters. The Morgan fingerprint density at radius 1 is 1.67 bits per heavy atom. The molecule has 0 bridgehead atoms. The number of thiophene rings is 1. The van der Waals surface area contributed by atoms with Gasteiger partial charge in [0.25, 0.3) is 5.91 Å². The number of hydrogen-bond acceptors (Lipinski definition) is 3. The highest BCUT2D eigenvalue weighted by atomic mass is 79.9. The molecule has 1 aromatic heterocycles. The lowest BCUT2D eigenvalue weighted by Crippen LogP contribution is -2.41. The highest BCUT2D eigenvalue weighted by Crippen LogP contribution is 2.29. The van der Waals surface area contributed by atoms with Crippen LogP contribution in [-0.2, 0) is 0 Å². The molecule has 2 heterocycles. The van der Waals surface area contributed by atoms with Crippen LogP contribution in [0.4, 0.5) is 0 Å². The van der Waals surface area contributed by atoms with E-state index in [2.05, 4.69) is 28.2 Å². The van der Waals surface area contributed by atoms with Crippen LogP contribution < -0.4 is 5.32 Å². The van der Waals surface area contributed by atoms with Crippen LogP contribution in [-0.4, -0.2) is 36.5 Å². The van der Waals surface area contributed by atoms with Crippen LogP contribution in [0.2, 0.25) is 0 Å². The normalized spacial score (nSPS) is 19.2. The van der Waals surface area contributed by atoms with E-state index in [0.717, 1.165) is 46.7 Å². The number of aryl methyl sites for hydroxylation is 1. The van der Waals surface area contributed by atoms with E-state index in [1.807, 2.05) is 17.9 Å². The molecule has 3 nitrogen and oxygen atoms in total. The SMILES string of the molecule is CCCN(C(=O)c1cc(C)c(Br)s1)C1CCNC1. The molecule has 0 saturated carbocycles. The molecule has 0 aliphatic carbocycles. The minimum atomic E-state index is 0.185. The van der Waals surface area contributed by atoms with E-state index < -0.39 is 0 Å². The highest BCUT2D eigenvalue weighted by Gasteiger charge is 2.27. The Morgan fingerprint density at radius 2 is 2.44 bits per heavy atom. The third-order valence-corrected chi connectivity index (χ3v) is 5.39. The van der Waals surface area contributed by atoms with Gasteiger partial charge in [-0.2, -0.15) is 0 Å². The van der Waals surface area contributed by atoms with E-state index in [9.17, 15) is 4.79 Å². The summed E-state index contributed by atoms with van der Waals surface area (Å²) in [5.41, 5.74) is 1.14. The lowest BCUT2D eigenvalue weighted by atomic mass is 10.2. The van der Waals surface area contributed by atoms with Crippen LogP contribution in [0.25, 0.3) is 0 Å². The van der Waals surface area contributed by atoms with Crippen LogP contribution in [0.5, 0.6) is 0 Å². The molecule has 0 aromatic carbocycles. The maximum Gasteiger partial charge on any atom is 0.264 e. The van der Waals surface area contributed by atoms with Crippen LogP contribution >= 0.6 is 27.3 Å².